The lowest BCUT2D eigenvalue weighted by Gasteiger charge is -2.19. The van der Waals surface area contributed by atoms with Crippen molar-refractivity contribution in [2.75, 3.05) is 5.73 Å². The SMILES string of the molecule is CC(C)(C)c1nc2ccccc2nc1N. The quantitative estimate of drug-likeness (QED) is 0.712. The smallest absolute Gasteiger partial charge is 0.146 e. The molecular weight excluding hydrogens is 186 g/mol. The average Bonchev–Trinajstić information content (AvgIpc) is 2.15. The van der Waals surface area contributed by atoms with Gasteiger partial charge in [0.2, 0.25) is 0 Å². The Labute approximate surface area is 89.4 Å². The topological polar surface area (TPSA) is 51.8 Å². The van der Waals surface area contributed by atoms with Gasteiger partial charge >= 0.3 is 0 Å². The molecule has 0 aliphatic rings. The van der Waals surface area contributed by atoms with E-state index in [0.717, 1.165) is 16.7 Å². The van der Waals surface area contributed by atoms with Crippen LogP contribution in [0.25, 0.3) is 11.0 Å². The Bertz CT molecular complexity index is 498. The number of rotatable bonds is 0. The molecule has 0 saturated heterocycles. The van der Waals surface area contributed by atoms with E-state index in [0.29, 0.717) is 5.82 Å². The number of nitrogens with two attached hydrogens (primary N) is 1. The molecule has 15 heavy (non-hydrogen) atoms. The summed E-state index contributed by atoms with van der Waals surface area (Å²) in [6.45, 7) is 6.26. The third-order valence-electron chi connectivity index (χ3n) is 2.31. The number of nitrogens with zero attached hydrogens (tertiary/aromatic N) is 2. The lowest BCUT2D eigenvalue weighted by molar-refractivity contribution is 0.572. The first-order valence-corrected chi connectivity index (χ1v) is 5.01. The van der Waals surface area contributed by atoms with Gasteiger partial charge in [-0.2, -0.15) is 0 Å². The molecule has 3 heteroatoms. The van der Waals surface area contributed by atoms with E-state index in [1.807, 2.05) is 24.3 Å². The van der Waals surface area contributed by atoms with Crippen molar-refractivity contribution >= 4 is 16.9 Å². The summed E-state index contributed by atoms with van der Waals surface area (Å²) in [5, 5.41) is 0. The van der Waals surface area contributed by atoms with Crippen molar-refractivity contribution in [3.05, 3.63) is 30.0 Å². The van der Waals surface area contributed by atoms with Crippen LogP contribution < -0.4 is 5.73 Å². The van der Waals surface area contributed by atoms with Gasteiger partial charge in [-0.1, -0.05) is 32.9 Å². The highest BCUT2D eigenvalue weighted by Gasteiger charge is 2.20. The van der Waals surface area contributed by atoms with Crippen LogP contribution in [-0.4, -0.2) is 9.97 Å². The van der Waals surface area contributed by atoms with Crippen molar-refractivity contribution in [2.24, 2.45) is 0 Å². The van der Waals surface area contributed by atoms with Crippen molar-refractivity contribution in [1.29, 1.82) is 0 Å². The molecule has 78 valence electrons. The number of nitrogen functional groups attached to an aromatic ring is 1. The fourth-order valence-corrected chi connectivity index (χ4v) is 1.57. The van der Waals surface area contributed by atoms with Crippen LogP contribution in [0.4, 0.5) is 5.82 Å². The van der Waals surface area contributed by atoms with Crippen LogP contribution in [0.15, 0.2) is 24.3 Å². The molecule has 0 atom stereocenters. The zero-order chi connectivity index (χ0) is 11.1. The van der Waals surface area contributed by atoms with Crippen LogP contribution in [-0.2, 0) is 5.41 Å². The Balaban J connectivity index is 2.73. The van der Waals surface area contributed by atoms with E-state index >= 15 is 0 Å². The van der Waals surface area contributed by atoms with Crippen LogP contribution >= 0.6 is 0 Å². The van der Waals surface area contributed by atoms with Crippen molar-refractivity contribution in [2.45, 2.75) is 26.2 Å². The molecule has 0 aliphatic carbocycles. The summed E-state index contributed by atoms with van der Waals surface area (Å²) in [4.78, 5) is 8.92. The molecule has 2 N–H and O–H groups in total. The molecule has 0 bridgehead atoms. The molecule has 0 saturated carbocycles. The normalized spacial score (nSPS) is 11.9. The van der Waals surface area contributed by atoms with E-state index in [2.05, 4.69) is 30.7 Å². The van der Waals surface area contributed by atoms with Gasteiger partial charge in [-0.15, -0.1) is 0 Å². The van der Waals surface area contributed by atoms with Crippen LogP contribution in [0.5, 0.6) is 0 Å². The first-order valence-electron chi connectivity index (χ1n) is 5.01. The largest absolute Gasteiger partial charge is 0.382 e. The summed E-state index contributed by atoms with van der Waals surface area (Å²) < 4.78 is 0. The van der Waals surface area contributed by atoms with Gasteiger partial charge in [0.05, 0.1) is 16.7 Å². The van der Waals surface area contributed by atoms with Crippen molar-refractivity contribution < 1.29 is 0 Å². The molecule has 2 rings (SSSR count). The second-order valence-corrected chi connectivity index (χ2v) is 4.70. The maximum Gasteiger partial charge on any atom is 0.146 e. The molecule has 3 nitrogen and oxygen atoms in total. The van der Waals surface area contributed by atoms with Gasteiger partial charge in [0.15, 0.2) is 0 Å². The van der Waals surface area contributed by atoms with Gasteiger partial charge in [-0.3, -0.25) is 0 Å². The second-order valence-electron chi connectivity index (χ2n) is 4.70. The predicted molar refractivity (Wildman–Crippen MR) is 62.7 cm³/mol. The highest BCUT2D eigenvalue weighted by Crippen LogP contribution is 2.26. The van der Waals surface area contributed by atoms with Gasteiger partial charge in [-0.05, 0) is 12.1 Å². The van der Waals surface area contributed by atoms with E-state index in [1.54, 1.807) is 0 Å². The number of hydrogen-bond donors (Lipinski definition) is 1. The van der Waals surface area contributed by atoms with E-state index in [1.165, 1.54) is 0 Å². The Kier molecular flexibility index (Phi) is 2.11. The molecule has 1 aromatic heterocycles. The average molecular weight is 201 g/mol. The molecule has 0 radical (unpaired) electrons. The van der Waals surface area contributed by atoms with E-state index in [-0.39, 0.29) is 5.41 Å². The van der Waals surface area contributed by atoms with Crippen LogP contribution in [0.3, 0.4) is 0 Å². The molecule has 0 unspecified atom stereocenters. The van der Waals surface area contributed by atoms with E-state index in [9.17, 15) is 0 Å². The minimum absolute atomic E-state index is 0.0683. The van der Waals surface area contributed by atoms with Gasteiger partial charge in [0, 0.05) is 5.41 Å². The minimum atomic E-state index is -0.0683. The highest BCUT2D eigenvalue weighted by molar-refractivity contribution is 5.76. The molecule has 2 aromatic rings. The van der Waals surface area contributed by atoms with Gasteiger partial charge in [0.25, 0.3) is 0 Å². The zero-order valence-electron chi connectivity index (χ0n) is 9.28. The Morgan fingerprint density at radius 3 is 2.07 bits per heavy atom. The van der Waals surface area contributed by atoms with Crippen LogP contribution in [0, 0.1) is 0 Å². The lowest BCUT2D eigenvalue weighted by Crippen LogP contribution is -2.17. The molecule has 0 aliphatic heterocycles. The van der Waals surface area contributed by atoms with E-state index < -0.39 is 0 Å². The minimum Gasteiger partial charge on any atom is -0.382 e. The molecule has 0 amide bonds. The fraction of sp³-hybridized carbons (Fsp3) is 0.333. The number of aromatic nitrogens is 2. The summed E-state index contributed by atoms with van der Waals surface area (Å²) in [6.07, 6.45) is 0. The predicted octanol–water partition coefficient (Wildman–Crippen LogP) is 2.51. The second kappa shape index (κ2) is 3.19. The number of fused-ring (bicyclic) bond motifs is 1. The van der Waals surface area contributed by atoms with Gasteiger partial charge < -0.3 is 5.73 Å². The third kappa shape index (κ3) is 1.77. The maximum absolute atomic E-state index is 5.90. The number of hydrogen-bond acceptors (Lipinski definition) is 3. The third-order valence-corrected chi connectivity index (χ3v) is 2.31. The molecular formula is C12H15N3. The fourth-order valence-electron chi connectivity index (χ4n) is 1.57. The van der Waals surface area contributed by atoms with Crippen molar-refractivity contribution in [1.82, 2.24) is 9.97 Å². The molecule has 0 spiro atoms. The zero-order valence-corrected chi connectivity index (χ0v) is 9.28. The Hall–Kier alpha value is -1.64. The molecule has 0 fully saturated rings. The molecule has 1 aromatic carbocycles. The summed E-state index contributed by atoms with van der Waals surface area (Å²) in [6, 6.07) is 7.77. The number of benzene rings is 1. The van der Waals surface area contributed by atoms with E-state index in [4.69, 9.17) is 5.73 Å². The first-order chi connectivity index (χ1) is 6.98. The number of anilines is 1. The summed E-state index contributed by atoms with van der Waals surface area (Å²) in [7, 11) is 0. The van der Waals surface area contributed by atoms with Gasteiger partial charge in [-0.25, -0.2) is 9.97 Å². The summed E-state index contributed by atoms with van der Waals surface area (Å²) >= 11 is 0. The first kappa shape index (κ1) is 9.90. The number of para-hydroxylation sites is 2. The Morgan fingerprint density at radius 1 is 1.00 bits per heavy atom. The monoisotopic (exact) mass is 201 g/mol. The lowest BCUT2D eigenvalue weighted by atomic mass is 9.91. The van der Waals surface area contributed by atoms with Crippen LogP contribution in [0.1, 0.15) is 26.5 Å². The van der Waals surface area contributed by atoms with Crippen LogP contribution in [0.2, 0.25) is 0 Å². The highest BCUT2D eigenvalue weighted by atomic mass is 14.9. The van der Waals surface area contributed by atoms with Crippen molar-refractivity contribution in [3.63, 3.8) is 0 Å². The summed E-state index contributed by atoms with van der Waals surface area (Å²) in [5.41, 5.74) is 8.44. The Morgan fingerprint density at radius 2 is 1.53 bits per heavy atom. The van der Waals surface area contributed by atoms with Crippen molar-refractivity contribution in [3.8, 4) is 0 Å². The summed E-state index contributed by atoms with van der Waals surface area (Å²) in [5.74, 6) is 0.529. The molecule has 1 heterocycles. The van der Waals surface area contributed by atoms with Gasteiger partial charge in [0.1, 0.15) is 5.82 Å². The standard InChI is InChI=1S/C12H15N3/c1-12(2,3)10-11(13)15-9-7-5-4-6-8(9)14-10/h4-7H,1-3H3,(H2,13,15). The maximum atomic E-state index is 5.90.